The third-order valence-electron chi connectivity index (χ3n) is 5.65. The molecule has 3 heteroatoms. The zero-order valence-corrected chi connectivity index (χ0v) is 15.5. The molecule has 27 heavy (non-hydrogen) atoms. The van der Waals surface area contributed by atoms with Crippen LogP contribution in [0.2, 0.25) is 0 Å². The van der Waals surface area contributed by atoms with Gasteiger partial charge in [-0.2, -0.15) is 5.26 Å². The van der Waals surface area contributed by atoms with Gasteiger partial charge in [0.25, 0.3) is 0 Å². The standard InChI is InChI=1S/C24H25F2N/c25-15-3-1-2-4-18-5-7-19(8-6-18)20-9-11-21(12-10-20)22-13-14-23(17-27)24(26)16-22/h1,3,9-14,16,18-19H,2,4-8,15H2/b3-1+. The van der Waals surface area contributed by atoms with Crippen molar-refractivity contribution in [1.82, 2.24) is 0 Å². The van der Waals surface area contributed by atoms with Crippen molar-refractivity contribution >= 4 is 0 Å². The first kappa shape index (κ1) is 19.3. The van der Waals surface area contributed by atoms with E-state index >= 15 is 0 Å². The van der Waals surface area contributed by atoms with Gasteiger partial charge in [-0.25, -0.2) is 8.78 Å². The first-order valence-electron chi connectivity index (χ1n) is 9.72. The smallest absolute Gasteiger partial charge is 0.141 e. The van der Waals surface area contributed by atoms with Crippen LogP contribution in [-0.4, -0.2) is 6.67 Å². The van der Waals surface area contributed by atoms with E-state index in [2.05, 4.69) is 12.1 Å². The molecule has 0 aliphatic heterocycles. The molecule has 0 spiro atoms. The van der Waals surface area contributed by atoms with E-state index in [4.69, 9.17) is 5.26 Å². The molecule has 1 fully saturated rings. The molecule has 1 aliphatic carbocycles. The second-order valence-corrected chi connectivity index (χ2v) is 7.35. The van der Waals surface area contributed by atoms with E-state index in [9.17, 15) is 8.78 Å². The van der Waals surface area contributed by atoms with E-state index in [-0.39, 0.29) is 12.2 Å². The molecule has 2 aromatic rings. The molecule has 0 aromatic heterocycles. The van der Waals surface area contributed by atoms with Crippen molar-refractivity contribution in [3.63, 3.8) is 0 Å². The lowest BCUT2D eigenvalue weighted by molar-refractivity contribution is 0.312. The Bertz CT molecular complexity index is 809. The molecule has 1 aliphatic rings. The monoisotopic (exact) mass is 365 g/mol. The Balaban J connectivity index is 1.58. The molecule has 2 aromatic carbocycles. The van der Waals surface area contributed by atoms with Crippen LogP contribution in [0.25, 0.3) is 11.1 Å². The van der Waals surface area contributed by atoms with E-state index in [0.29, 0.717) is 5.92 Å². The van der Waals surface area contributed by atoms with Gasteiger partial charge >= 0.3 is 0 Å². The summed E-state index contributed by atoms with van der Waals surface area (Å²) < 4.78 is 25.9. The van der Waals surface area contributed by atoms with Crippen LogP contribution in [0.1, 0.15) is 55.6 Å². The van der Waals surface area contributed by atoms with Gasteiger partial charge in [0.15, 0.2) is 0 Å². The summed E-state index contributed by atoms with van der Waals surface area (Å²) >= 11 is 0. The van der Waals surface area contributed by atoms with Gasteiger partial charge in [-0.1, -0.05) is 42.5 Å². The van der Waals surface area contributed by atoms with Crippen LogP contribution >= 0.6 is 0 Å². The van der Waals surface area contributed by atoms with Crippen molar-refractivity contribution < 1.29 is 8.78 Å². The van der Waals surface area contributed by atoms with Crippen LogP contribution in [0.4, 0.5) is 8.78 Å². The van der Waals surface area contributed by atoms with Gasteiger partial charge in [-0.05, 0) is 79.2 Å². The molecule has 1 saturated carbocycles. The maximum atomic E-state index is 13.8. The Labute approximate surface area is 160 Å². The maximum absolute atomic E-state index is 13.8. The normalized spacial score (nSPS) is 19.9. The molecular formula is C24H25F2N. The number of halogens is 2. The predicted octanol–water partition coefficient (Wildman–Crippen LogP) is 6.94. The summed E-state index contributed by atoms with van der Waals surface area (Å²) in [6, 6.07) is 15.0. The highest BCUT2D eigenvalue weighted by molar-refractivity contribution is 5.64. The van der Waals surface area contributed by atoms with Crippen molar-refractivity contribution in [1.29, 1.82) is 5.26 Å². The maximum Gasteiger partial charge on any atom is 0.141 e. The summed E-state index contributed by atoms with van der Waals surface area (Å²) in [7, 11) is 0. The van der Waals surface area contributed by atoms with E-state index in [1.807, 2.05) is 24.3 Å². The minimum Gasteiger partial charge on any atom is -0.247 e. The van der Waals surface area contributed by atoms with E-state index < -0.39 is 5.82 Å². The van der Waals surface area contributed by atoms with Crippen LogP contribution in [0.3, 0.4) is 0 Å². The quantitative estimate of drug-likeness (QED) is 0.508. The number of nitriles is 1. The van der Waals surface area contributed by atoms with E-state index in [1.165, 1.54) is 43.4 Å². The average molecular weight is 365 g/mol. The lowest BCUT2D eigenvalue weighted by atomic mass is 9.77. The molecule has 0 saturated heterocycles. The zero-order valence-electron chi connectivity index (χ0n) is 15.5. The first-order chi connectivity index (χ1) is 13.2. The highest BCUT2D eigenvalue weighted by Gasteiger charge is 2.21. The van der Waals surface area contributed by atoms with Gasteiger partial charge in [0, 0.05) is 0 Å². The van der Waals surface area contributed by atoms with Crippen molar-refractivity contribution in [2.75, 3.05) is 6.67 Å². The number of hydrogen-bond donors (Lipinski definition) is 0. The van der Waals surface area contributed by atoms with Crippen molar-refractivity contribution in [3.05, 3.63) is 71.6 Å². The molecule has 3 rings (SSSR count). The van der Waals surface area contributed by atoms with Gasteiger partial charge in [0.1, 0.15) is 18.6 Å². The summed E-state index contributed by atoms with van der Waals surface area (Å²) in [5, 5.41) is 8.84. The van der Waals surface area contributed by atoms with Crippen molar-refractivity contribution in [2.45, 2.75) is 44.4 Å². The number of nitrogens with zero attached hydrogens (tertiary/aromatic N) is 1. The summed E-state index contributed by atoms with van der Waals surface area (Å²) in [5.41, 5.74) is 3.19. The molecule has 0 radical (unpaired) electrons. The van der Waals surface area contributed by atoms with E-state index in [0.717, 1.165) is 29.9 Å². The third-order valence-corrected chi connectivity index (χ3v) is 5.65. The van der Waals surface area contributed by atoms with Gasteiger partial charge in [-0.15, -0.1) is 0 Å². The molecular weight excluding hydrogens is 340 g/mol. The Hall–Kier alpha value is -2.47. The molecule has 0 amide bonds. The molecule has 0 heterocycles. The zero-order chi connectivity index (χ0) is 19.1. The Kier molecular flexibility index (Phi) is 6.76. The Morgan fingerprint density at radius 3 is 2.30 bits per heavy atom. The minimum absolute atomic E-state index is 0.0762. The van der Waals surface area contributed by atoms with E-state index in [1.54, 1.807) is 12.1 Å². The van der Waals surface area contributed by atoms with Crippen LogP contribution in [0, 0.1) is 23.1 Å². The Morgan fingerprint density at radius 2 is 1.67 bits per heavy atom. The predicted molar refractivity (Wildman–Crippen MR) is 106 cm³/mol. The summed E-state index contributed by atoms with van der Waals surface area (Å²) in [5.74, 6) is 0.875. The average Bonchev–Trinajstić information content (AvgIpc) is 2.72. The highest BCUT2D eigenvalue weighted by atomic mass is 19.1. The second-order valence-electron chi connectivity index (χ2n) is 7.35. The fourth-order valence-electron chi connectivity index (χ4n) is 4.03. The van der Waals surface area contributed by atoms with Crippen LogP contribution < -0.4 is 0 Å². The topological polar surface area (TPSA) is 23.8 Å². The molecule has 140 valence electrons. The molecule has 0 N–H and O–H groups in total. The molecule has 0 bridgehead atoms. The minimum atomic E-state index is -0.473. The number of allylic oxidation sites excluding steroid dienone is 2. The second kappa shape index (κ2) is 9.46. The van der Waals surface area contributed by atoms with Crippen molar-refractivity contribution in [2.24, 2.45) is 5.92 Å². The number of rotatable bonds is 6. The highest BCUT2D eigenvalue weighted by Crippen LogP contribution is 2.38. The van der Waals surface area contributed by atoms with Gasteiger partial charge in [-0.3, -0.25) is 0 Å². The third kappa shape index (κ3) is 5.04. The van der Waals surface area contributed by atoms with Crippen molar-refractivity contribution in [3.8, 4) is 17.2 Å². The van der Waals surface area contributed by atoms with Crippen LogP contribution in [0.15, 0.2) is 54.6 Å². The number of alkyl halides is 1. The summed E-state index contributed by atoms with van der Waals surface area (Å²) in [6.07, 6.45) is 10.6. The molecule has 0 atom stereocenters. The summed E-state index contributed by atoms with van der Waals surface area (Å²) in [6.45, 7) is -0.363. The number of hydrogen-bond acceptors (Lipinski definition) is 1. The van der Waals surface area contributed by atoms with Gasteiger partial charge in [0.2, 0.25) is 0 Å². The lowest BCUT2D eigenvalue weighted by Gasteiger charge is -2.28. The molecule has 1 nitrogen and oxygen atoms in total. The molecule has 0 unspecified atom stereocenters. The SMILES string of the molecule is N#Cc1ccc(-c2ccc(C3CCC(CC/C=C/CF)CC3)cc2)cc1F. The largest absolute Gasteiger partial charge is 0.247 e. The van der Waals surface area contributed by atoms with Gasteiger partial charge < -0.3 is 0 Å². The number of benzene rings is 2. The first-order valence-corrected chi connectivity index (χ1v) is 9.72. The Morgan fingerprint density at radius 1 is 0.963 bits per heavy atom. The fourth-order valence-corrected chi connectivity index (χ4v) is 4.03. The van der Waals surface area contributed by atoms with Gasteiger partial charge in [0.05, 0.1) is 5.56 Å². The summed E-state index contributed by atoms with van der Waals surface area (Å²) in [4.78, 5) is 0. The van der Waals surface area contributed by atoms with Crippen LogP contribution in [0.5, 0.6) is 0 Å². The fraction of sp³-hybridized carbons (Fsp3) is 0.375. The lowest BCUT2D eigenvalue weighted by Crippen LogP contribution is -2.13. The van der Waals surface area contributed by atoms with Crippen LogP contribution in [-0.2, 0) is 0 Å².